The zero-order valence-electron chi connectivity index (χ0n) is 15.2. The van der Waals surface area contributed by atoms with Crippen molar-refractivity contribution in [1.82, 2.24) is 9.78 Å². The molecule has 150 valence electrons. The van der Waals surface area contributed by atoms with Gasteiger partial charge in [-0.05, 0) is 30.7 Å². The van der Waals surface area contributed by atoms with Gasteiger partial charge < -0.3 is 10.5 Å². The summed E-state index contributed by atoms with van der Waals surface area (Å²) in [5.41, 5.74) is 6.68. The zero-order valence-corrected chi connectivity index (χ0v) is 16.7. The Morgan fingerprint density at radius 3 is 2.45 bits per heavy atom. The number of carbonyl (C=O) groups excluding carboxylic acids is 2. The van der Waals surface area contributed by atoms with Crippen LogP contribution in [0.4, 0.5) is 4.39 Å². The van der Waals surface area contributed by atoms with Crippen molar-refractivity contribution < 1.29 is 18.7 Å². The first-order valence-electron chi connectivity index (χ1n) is 8.50. The van der Waals surface area contributed by atoms with Crippen LogP contribution in [0, 0.1) is 12.7 Å². The van der Waals surface area contributed by atoms with Gasteiger partial charge in [0.15, 0.2) is 0 Å². The highest BCUT2D eigenvalue weighted by Gasteiger charge is 2.28. The van der Waals surface area contributed by atoms with Crippen molar-refractivity contribution in [2.24, 2.45) is 5.73 Å². The van der Waals surface area contributed by atoms with E-state index in [4.69, 9.17) is 33.7 Å². The lowest BCUT2D eigenvalue weighted by Gasteiger charge is -2.15. The number of esters is 1. The van der Waals surface area contributed by atoms with Gasteiger partial charge in [0.1, 0.15) is 16.5 Å². The van der Waals surface area contributed by atoms with E-state index >= 15 is 0 Å². The molecule has 0 saturated carbocycles. The van der Waals surface area contributed by atoms with Crippen LogP contribution < -0.4 is 5.73 Å². The predicted molar refractivity (Wildman–Crippen MR) is 106 cm³/mol. The number of halogens is 3. The summed E-state index contributed by atoms with van der Waals surface area (Å²) in [7, 11) is 0. The summed E-state index contributed by atoms with van der Waals surface area (Å²) in [5.74, 6) is -2.27. The van der Waals surface area contributed by atoms with Crippen molar-refractivity contribution in [3.8, 4) is 0 Å². The second-order valence-corrected chi connectivity index (χ2v) is 7.00. The minimum atomic E-state index is -1.40. The number of amides is 1. The van der Waals surface area contributed by atoms with Crippen molar-refractivity contribution in [1.29, 1.82) is 0 Å². The van der Waals surface area contributed by atoms with E-state index in [-0.39, 0.29) is 22.8 Å². The van der Waals surface area contributed by atoms with Crippen molar-refractivity contribution in [3.05, 3.63) is 86.9 Å². The fourth-order valence-electron chi connectivity index (χ4n) is 2.77. The number of nitrogens with zero attached hydrogens (tertiary/aromatic N) is 2. The number of aryl methyl sites for hydroxylation is 1. The third-order valence-electron chi connectivity index (χ3n) is 4.20. The molecule has 0 radical (unpaired) electrons. The molecule has 29 heavy (non-hydrogen) atoms. The Labute approximate surface area is 176 Å². The third kappa shape index (κ3) is 4.58. The molecule has 3 aromatic rings. The molecule has 2 N–H and O–H groups in total. The van der Waals surface area contributed by atoms with Crippen LogP contribution in [0.2, 0.25) is 10.2 Å². The predicted octanol–water partition coefficient (Wildman–Crippen LogP) is 4.07. The Morgan fingerprint density at radius 2 is 1.83 bits per heavy atom. The highest BCUT2D eigenvalue weighted by Crippen LogP contribution is 2.26. The maximum Gasteiger partial charge on any atom is 0.344 e. The average Bonchev–Trinajstić information content (AvgIpc) is 2.95. The van der Waals surface area contributed by atoms with Crippen LogP contribution in [-0.2, 0) is 16.1 Å². The van der Waals surface area contributed by atoms with Crippen LogP contribution in [0.3, 0.4) is 0 Å². The van der Waals surface area contributed by atoms with E-state index in [1.54, 1.807) is 19.1 Å². The van der Waals surface area contributed by atoms with Gasteiger partial charge >= 0.3 is 5.97 Å². The molecule has 6 nitrogen and oxygen atoms in total. The van der Waals surface area contributed by atoms with Gasteiger partial charge in [0, 0.05) is 10.6 Å². The summed E-state index contributed by atoms with van der Waals surface area (Å²) in [4.78, 5) is 24.5. The highest BCUT2D eigenvalue weighted by atomic mass is 35.5. The maximum atomic E-state index is 13.1. The number of primary amides is 1. The number of carbonyl (C=O) groups is 2. The van der Waals surface area contributed by atoms with Crippen molar-refractivity contribution in [2.45, 2.75) is 19.6 Å². The van der Waals surface area contributed by atoms with Gasteiger partial charge in [0.2, 0.25) is 6.10 Å². The first kappa shape index (κ1) is 20.8. The van der Waals surface area contributed by atoms with Crippen LogP contribution in [0.1, 0.15) is 33.3 Å². The summed E-state index contributed by atoms with van der Waals surface area (Å²) < 4.78 is 19.8. The molecule has 0 aliphatic carbocycles. The molecule has 1 heterocycles. The molecule has 9 heteroatoms. The third-order valence-corrected chi connectivity index (χ3v) is 4.96. The van der Waals surface area contributed by atoms with Gasteiger partial charge in [0.05, 0.1) is 12.2 Å². The van der Waals surface area contributed by atoms with E-state index in [1.807, 2.05) is 12.1 Å². The van der Waals surface area contributed by atoms with Gasteiger partial charge in [-0.1, -0.05) is 53.5 Å². The maximum absolute atomic E-state index is 13.1. The zero-order chi connectivity index (χ0) is 21.1. The molecule has 1 unspecified atom stereocenters. The number of ether oxygens (including phenoxy) is 1. The Kier molecular flexibility index (Phi) is 6.20. The number of aromatic nitrogens is 2. The normalized spacial score (nSPS) is 11.9. The lowest BCUT2D eigenvalue weighted by atomic mass is 10.1. The highest BCUT2D eigenvalue weighted by molar-refractivity contribution is 6.33. The first-order chi connectivity index (χ1) is 13.8. The molecule has 0 fully saturated rings. The molecule has 0 aliphatic rings. The Hall–Kier alpha value is -2.90. The topological polar surface area (TPSA) is 87.2 Å². The molecule has 0 bridgehead atoms. The first-order valence-corrected chi connectivity index (χ1v) is 9.25. The standard InChI is InChI=1S/C20H16Cl2FN3O3/c1-11-16(18(22)26(25-11)10-13-4-2-3-5-15(13)21)20(28)29-17(19(24)27)12-6-8-14(23)9-7-12/h2-9,17H,10H2,1H3,(H2,24,27). The molecular weight excluding hydrogens is 420 g/mol. The van der Waals surface area contributed by atoms with E-state index in [2.05, 4.69) is 5.10 Å². The second-order valence-electron chi connectivity index (χ2n) is 6.24. The molecule has 2 aromatic carbocycles. The van der Waals surface area contributed by atoms with E-state index in [1.165, 1.54) is 16.8 Å². The van der Waals surface area contributed by atoms with Gasteiger partial charge in [0.25, 0.3) is 5.91 Å². The van der Waals surface area contributed by atoms with Crippen LogP contribution in [0.25, 0.3) is 0 Å². The van der Waals surface area contributed by atoms with Crippen LogP contribution in [-0.4, -0.2) is 21.7 Å². The number of hydrogen-bond acceptors (Lipinski definition) is 4. The summed E-state index contributed by atoms with van der Waals surface area (Å²) in [6, 6.07) is 12.1. The quantitative estimate of drug-likeness (QED) is 0.591. The van der Waals surface area contributed by atoms with Crippen LogP contribution >= 0.6 is 23.2 Å². The fourth-order valence-corrected chi connectivity index (χ4v) is 3.28. The van der Waals surface area contributed by atoms with Crippen molar-refractivity contribution in [3.63, 3.8) is 0 Å². The SMILES string of the molecule is Cc1nn(Cc2ccccc2Cl)c(Cl)c1C(=O)OC(C(N)=O)c1ccc(F)cc1. The monoisotopic (exact) mass is 435 g/mol. The Bertz CT molecular complexity index is 1070. The summed E-state index contributed by atoms with van der Waals surface area (Å²) in [6.07, 6.45) is -1.40. The lowest BCUT2D eigenvalue weighted by molar-refractivity contribution is -0.127. The number of benzene rings is 2. The van der Waals surface area contributed by atoms with E-state index in [0.29, 0.717) is 10.7 Å². The van der Waals surface area contributed by atoms with Crippen molar-refractivity contribution >= 4 is 35.1 Å². The minimum absolute atomic E-state index is 0.00656. The summed E-state index contributed by atoms with van der Waals surface area (Å²) >= 11 is 12.5. The van der Waals surface area contributed by atoms with E-state index in [9.17, 15) is 14.0 Å². The molecule has 1 aromatic heterocycles. The van der Waals surface area contributed by atoms with E-state index in [0.717, 1.165) is 17.7 Å². The van der Waals surface area contributed by atoms with E-state index < -0.39 is 23.8 Å². The summed E-state index contributed by atoms with van der Waals surface area (Å²) in [6.45, 7) is 1.83. The lowest BCUT2D eigenvalue weighted by Crippen LogP contribution is -2.26. The average molecular weight is 436 g/mol. The molecular formula is C20H16Cl2FN3O3. The molecule has 1 amide bonds. The molecule has 0 aliphatic heterocycles. The summed E-state index contributed by atoms with van der Waals surface area (Å²) in [5, 5.41) is 4.83. The van der Waals surface area contributed by atoms with Gasteiger partial charge in [-0.15, -0.1) is 0 Å². The Balaban J connectivity index is 1.87. The number of hydrogen-bond donors (Lipinski definition) is 1. The van der Waals surface area contributed by atoms with Gasteiger partial charge in [-0.25, -0.2) is 13.9 Å². The smallest absolute Gasteiger partial charge is 0.344 e. The largest absolute Gasteiger partial charge is 0.444 e. The van der Waals surface area contributed by atoms with Gasteiger partial charge in [-0.2, -0.15) is 5.10 Å². The second kappa shape index (κ2) is 8.63. The van der Waals surface area contributed by atoms with Gasteiger partial charge in [-0.3, -0.25) is 4.79 Å². The Morgan fingerprint density at radius 1 is 1.17 bits per heavy atom. The number of rotatable bonds is 6. The number of nitrogens with two attached hydrogens (primary N) is 1. The molecule has 3 rings (SSSR count). The van der Waals surface area contributed by atoms with Crippen LogP contribution in [0.15, 0.2) is 48.5 Å². The molecule has 0 spiro atoms. The minimum Gasteiger partial charge on any atom is -0.444 e. The fraction of sp³-hybridized carbons (Fsp3) is 0.150. The molecule has 0 saturated heterocycles. The van der Waals surface area contributed by atoms with Crippen molar-refractivity contribution in [2.75, 3.05) is 0 Å². The van der Waals surface area contributed by atoms with Crippen LogP contribution in [0.5, 0.6) is 0 Å². The molecule has 1 atom stereocenters.